The van der Waals surface area contributed by atoms with E-state index >= 15 is 0 Å². The van der Waals surface area contributed by atoms with E-state index in [2.05, 4.69) is 31.9 Å². The number of rotatable bonds is 7. The van der Waals surface area contributed by atoms with Gasteiger partial charge in [0.05, 0.1) is 10.6 Å². The lowest BCUT2D eigenvalue weighted by Gasteiger charge is -2.14. The molecule has 3 aliphatic carbocycles. The van der Waals surface area contributed by atoms with Crippen molar-refractivity contribution in [2.75, 3.05) is 23.9 Å². The van der Waals surface area contributed by atoms with Crippen LogP contribution in [0.5, 0.6) is 0 Å². The second-order valence-electron chi connectivity index (χ2n) is 8.27. The Hall–Kier alpha value is -2.68. The highest BCUT2D eigenvalue weighted by Gasteiger charge is 2.65. The van der Waals surface area contributed by atoms with Crippen molar-refractivity contribution < 1.29 is 13.7 Å². The molecule has 2 aromatic rings. The number of aromatic nitrogens is 3. The molecule has 0 bridgehead atoms. The van der Waals surface area contributed by atoms with E-state index in [1.165, 1.54) is 23.4 Å². The van der Waals surface area contributed by atoms with Gasteiger partial charge in [-0.15, -0.1) is 22.0 Å². The van der Waals surface area contributed by atoms with Crippen LogP contribution in [-0.2, 0) is 4.79 Å². The molecule has 1 spiro atoms. The Balaban J connectivity index is 1.43. The van der Waals surface area contributed by atoms with Crippen molar-refractivity contribution in [3.63, 3.8) is 0 Å². The van der Waals surface area contributed by atoms with E-state index in [0.29, 0.717) is 11.7 Å². The standard InChI is InChI=1S/C21H24N6O2S/c1-22-20(29)17-14(24-18-15(30-2)7-12(10-23-18)11-3-4-11)8-16(26-27-17)25-19(28)13-9-21(13)5-6-21/h7-8,10-11,13H,3-6,9H2,1-2H3,(H,22,29)(H2,23,24,25,26,28)/t13-/m1/s1/i1D3. The molecule has 2 aromatic heterocycles. The quantitative estimate of drug-likeness (QED) is 0.582. The van der Waals surface area contributed by atoms with Crippen molar-refractivity contribution in [2.24, 2.45) is 11.3 Å². The van der Waals surface area contributed by atoms with Gasteiger partial charge in [-0.05, 0) is 61.3 Å². The zero-order valence-electron chi connectivity index (χ0n) is 19.5. The molecule has 2 heterocycles. The average molecular weight is 428 g/mol. The van der Waals surface area contributed by atoms with E-state index in [9.17, 15) is 9.59 Å². The molecule has 0 aliphatic heterocycles. The maximum atomic E-state index is 12.6. The van der Waals surface area contributed by atoms with Crippen molar-refractivity contribution in [1.82, 2.24) is 20.5 Å². The normalized spacial score (nSPS) is 22.4. The Labute approximate surface area is 183 Å². The first kappa shape index (κ1) is 16.1. The number of amides is 2. The van der Waals surface area contributed by atoms with Crippen LogP contribution in [0.25, 0.3) is 0 Å². The molecule has 5 rings (SSSR count). The van der Waals surface area contributed by atoms with Crippen LogP contribution in [0, 0.1) is 11.3 Å². The van der Waals surface area contributed by atoms with Gasteiger partial charge in [-0.1, -0.05) is 0 Å². The number of hydrogen-bond acceptors (Lipinski definition) is 7. The molecule has 156 valence electrons. The molecule has 3 fully saturated rings. The molecule has 0 saturated heterocycles. The van der Waals surface area contributed by atoms with E-state index in [1.54, 1.807) is 6.20 Å². The number of anilines is 3. The Kier molecular flexibility index (Phi) is 3.87. The summed E-state index contributed by atoms with van der Waals surface area (Å²) in [6, 6.07) is 3.56. The smallest absolute Gasteiger partial charge is 0.273 e. The van der Waals surface area contributed by atoms with Crippen LogP contribution < -0.4 is 16.0 Å². The predicted octanol–water partition coefficient (Wildman–Crippen LogP) is 3.31. The van der Waals surface area contributed by atoms with Crippen LogP contribution in [0.15, 0.2) is 23.2 Å². The molecule has 3 aliphatic rings. The maximum absolute atomic E-state index is 12.6. The minimum atomic E-state index is -2.68. The minimum Gasteiger partial charge on any atom is -0.354 e. The molecular formula is C21H24N6O2S. The number of carbonyl (C=O) groups is 2. The third-order valence-electron chi connectivity index (χ3n) is 6.17. The monoisotopic (exact) mass is 427 g/mol. The van der Waals surface area contributed by atoms with Crippen LogP contribution in [0.1, 0.15) is 58.2 Å². The number of pyridine rings is 1. The fourth-order valence-corrected chi connectivity index (χ4v) is 4.45. The van der Waals surface area contributed by atoms with E-state index in [0.717, 1.165) is 37.0 Å². The predicted molar refractivity (Wildman–Crippen MR) is 115 cm³/mol. The van der Waals surface area contributed by atoms with Crippen molar-refractivity contribution >= 4 is 40.9 Å². The summed E-state index contributed by atoms with van der Waals surface area (Å²) in [5.41, 5.74) is 1.37. The van der Waals surface area contributed by atoms with Gasteiger partial charge in [0, 0.05) is 29.3 Å². The fraction of sp³-hybridized carbons (Fsp3) is 0.476. The topological polar surface area (TPSA) is 109 Å². The summed E-state index contributed by atoms with van der Waals surface area (Å²) in [5, 5.41) is 15.7. The molecule has 8 nitrogen and oxygen atoms in total. The van der Waals surface area contributed by atoms with Gasteiger partial charge in [0.15, 0.2) is 11.5 Å². The highest BCUT2D eigenvalue weighted by Crippen LogP contribution is 2.70. The lowest BCUT2D eigenvalue weighted by molar-refractivity contribution is -0.117. The molecule has 3 N–H and O–H groups in total. The van der Waals surface area contributed by atoms with E-state index in [4.69, 9.17) is 4.11 Å². The van der Waals surface area contributed by atoms with Gasteiger partial charge in [-0.25, -0.2) is 4.98 Å². The highest BCUT2D eigenvalue weighted by molar-refractivity contribution is 7.98. The van der Waals surface area contributed by atoms with E-state index in [1.807, 2.05) is 11.6 Å². The first-order valence-corrected chi connectivity index (χ1v) is 11.2. The van der Waals surface area contributed by atoms with E-state index in [-0.39, 0.29) is 34.4 Å². The van der Waals surface area contributed by atoms with Crippen LogP contribution >= 0.6 is 11.8 Å². The number of nitrogens with zero attached hydrogens (tertiary/aromatic N) is 3. The molecule has 3 saturated carbocycles. The van der Waals surface area contributed by atoms with Crippen molar-refractivity contribution in [1.29, 1.82) is 0 Å². The second-order valence-corrected chi connectivity index (χ2v) is 9.12. The van der Waals surface area contributed by atoms with Gasteiger partial charge in [0.25, 0.3) is 5.91 Å². The SMILES string of the molecule is [2H]C([2H])([2H])NC(=O)c1nnc(NC(=O)[C@H]2CC23CC3)cc1Nc1ncc(C2CC2)cc1SC. The van der Waals surface area contributed by atoms with Crippen molar-refractivity contribution in [2.45, 2.75) is 42.9 Å². The number of carbonyl (C=O) groups excluding carboxylic acids is 2. The van der Waals surface area contributed by atoms with Gasteiger partial charge in [-0.3, -0.25) is 9.59 Å². The Morgan fingerprint density at radius 3 is 2.77 bits per heavy atom. The lowest BCUT2D eigenvalue weighted by Crippen LogP contribution is -2.23. The van der Waals surface area contributed by atoms with Crippen LogP contribution in [-0.4, -0.2) is 40.2 Å². The lowest BCUT2D eigenvalue weighted by atomic mass is 10.2. The first-order chi connectivity index (χ1) is 15.7. The molecule has 2 amide bonds. The first-order valence-electron chi connectivity index (χ1n) is 11.5. The van der Waals surface area contributed by atoms with Crippen LogP contribution in [0.2, 0.25) is 0 Å². The molecule has 0 radical (unpaired) electrons. The van der Waals surface area contributed by atoms with Crippen LogP contribution in [0.4, 0.5) is 17.3 Å². The Bertz CT molecular complexity index is 1130. The van der Waals surface area contributed by atoms with Gasteiger partial charge < -0.3 is 16.0 Å². The highest BCUT2D eigenvalue weighted by atomic mass is 32.2. The van der Waals surface area contributed by atoms with Gasteiger partial charge in [0.2, 0.25) is 5.91 Å². The molecule has 30 heavy (non-hydrogen) atoms. The zero-order valence-corrected chi connectivity index (χ0v) is 17.3. The largest absolute Gasteiger partial charge is 0.354 e. The fourth-order valence-electron chi connectivity index (χ4n) is 3.90. The zero-order chi connectivity index (χ0) is 23.4. The summed E-state index contributed by atoms with van der Waals surface area (Å²) in [7, 11) is 0. The Morgan fingerprint density at radius 1 is 1.27 bits per heavy atom. The Morgan fingerprint density at radius 2 is 2.10 bits per heavy atom. The molecular weight excluding hydrogens is 400 g/mol. The molecule has 0 unspecified atom stereocenters. The number of nitrogens with one attached hydrogen (secondary N) is 3. The molecule has 9 heteroatoms. The van der Waals surface area contributed by atoms with Crippen LogP contribution in [0.3, 0.4) is 0 Å². The third-order valence-corrected chi connectivity index (χ3v) is 6.92. The summed E-state index contributed by atoms with van der Waals surface area (Å²) >= 11 is 1.51. The minimum absolute atomic E-state index is 0.00558. The summed E-state index contributed by atoms with van der Waals surface area (Å²) < 4.78 is 22.0. The molecule has 1 atom stereocenters. The molecule has 0 aromatic carbocycles. The number of thioether (sulfide) groups is 1. The average Bonchev–Trinajstić information content (AvgIpc) is 3.64. The maximum Gasteiger partial charge on any atom is 0.273 e. The summed E-state index contributed by atoms with van der Waals surface area (Å²) in [6.07, 6.45) is 9.10. The summed E-state index contributed by atoms with van der Waals surface area (Å²) in [6.45, 7) is -2.68. The summed E-state index contributed by atoms with van der Waals surface area (Å²) in [4.78, 5) is 30.6. The van der Waals surface area contributed by atoms with Crippen molar-refractivity contribution in [3.05, 3.63) is 29.6 Å². The third kappa shape index (κ3) is 3.62. The summed E-state index contributed by atoms with van der Waals surface area (Å²) in [5.74, 6) is 0.232. The van der Waals surface area contributed by atoms with Gasteiger partial charge >= 0.3 is 0 Å². The second kappa shape index (κ2) is 7.23. The van der Waals surface area contributed by atoms with Gasteiger partial charge in [0.1, 0.15) is 5.82 Å². The number of hydrogen-bond donors (Lipinski definition) is 3. The van der Waals surface area contributed by atoms with Crippen molar-refractivity contribution in [3.8, 4) is 0 Å². The van der Waals surface area contributed by atoms with Gasteiger partial charge in [-0.2, -0.15) is 0 Å². The van der Waals surface area contributed by atoms with E-state index < -0.39 is 12.9 Å².